The topological polar surface area (TPSA) is 17.1 Å². The fourth-order valence-electron chi connectivity index (χ4n) is 1.51. The molecule has 0 radical (unpaired) electrons. The molecule has 0 fully saturated rings. The van der Waals surface area contributed by atoms with E-state index in [9.17, 15) is 18.0 Å². The van der Waals surface area contributed by atoms with Crippen LogP contribution in [0, 0.1) is 0 Å². The molecule has 1 heterocycles. The normalized spacial score (nSPS) is 11.6. The lowest BCUT2D eigenvalue weighted by Crippen LogP contribution is -2.13. The van der Waals surface area contributed by atoms with Gasteiger partial charge in [-0.1, -0.05) is 18.2 Å². The van der Waals surface area contributed by atoms with Crippen LogP contribution in [0.15, 0.2) is 39.5 Å². The SMILES string of the molecule is O=C(c1csc(Br)c1)c1ccccc1C(F)(F)F. The third-order valence-electron chi connectivity index (χ3n) is 2.31. The van der Waals surface area contributed by atoms with Gasteiger partial charge in [-0.25, -0.2) is 0 Å². The maximum atomic E-state index is 12.8. The van der Waals surface area contributed by atoms with Crippen LogP contribution in [0.1, 0.15) is 21.5 Å². The van der Waals surface area contributed by atoms with E-state index in [1.54, 1.807) is 0 Å². The first-order chi connectivity index (χ1) is 8.39. The van der Waals surface area contributed by atoms with Crippen LogP contribution in [0.4, 0.5) is 13.2 Å². The van der Waals surface area contributed by atoms with E-state index in [1.807, 2.05) is 0 Å². The Morgan fingerprint density at radius 1 is 1.22 bits per heavy atom. The second kappa shape index (κ2) is 4.85. The van der Waals surface area contributed by atoms with Crippen LogP contribution in [0.25, 0.3) is 0 Å². The molecule has 0 aliphatic carbocycles. The number of hydrogen-bond acceptors (Lipinski definition) is 2. The van der Waals surface area contributed by atoms with Crippen molar-refractivity contribution in [1.29, 1.82) is 0 Å². The fraction of sp³-hybridized carbons (Fsp3) is 0.0833. The van der Waals surface area contributed by atoms with Crippen LogP contribution >= 0.6 is 27.3 Å². The van der Waals surface area contributed by atoms with E-state index in [4.69, 9.17) is 0 Å². The Hall–Kier alpha value is -1.14. The largest absolute Gasteiger partial charge is 0.417 e. The predicted octanol–water partition coefficient (Wildman–Crippen LogP) is 4.76. The Labute approximate surface area is 113 Å². The molecular formula is C12H6BrF3OS. The van der Waals surface area contributed by atoms with Gasteiger partial charge in [0.15, 0.2) is 5.78 Å². The van der Waals surface area contributed by atoms with Gasteiger partial charge in [-0.2, -0.15) is 13.2 Å². The van der Waals surface area contributed by atoms with Crippen molar-refractivity contribution in [3.8, 4) is 0 Å². The number of carbonyl (C=O) groups is 1. The zero-order chi connectivity index (χ0) is 13.3. The van der Waals surface area contributed by atoms with E-state index in [0.29, 0.717) is 3.79 Å². The number of halogens is 4. The number of ketones is 1. The molecule has 1 nitrogen and oxygen atoms in total. The molecular weight excluding hydrogens is 329 g/mol. The Balaban J connectivity index is 2.49. The van der Waals surface area contributed by atoms with Crippen molar-refractivity contribution in [2.45, 2.75) is 6.18 Å². The van der Waals surface area contributed by atoms with Gasteiger partial charge in [0.25, 0.3) is 0 Å². The summed E-state index contributed by atoms with van der Waals surface area (Å²) in [6.07, 6.45) is -4.53. The van der Waals surface area contributed by atoms with Crippen molar-refractivity contribution < 1.29 is 18.0 Å². The summed E-state index contributed by atoms with van der Waals surface area (Å²) in [7, 11) is 0. The van der Waals surface area contributed by atoms with E-state index in [-0.39, 0.29) is 11.1 Å². The lowest BCUT2D eigenvalue weighted by molar-refractivity contribution is -0.137. The average molecular weight is 335 g/mol. The number of alkyl halides is 3. The molecule has 6 heteroatoms. The summed E-state index contributed by atoms with van der Waals surface area (Å²) in [5.41, 5.74) is -0.976. The molecule has 0 saturated heterocycles. The summed E-state index contributed by atoms with van der Waals surface area (Å²) < 4.78 is 39.0. The third kappa shape index (κ3) is 2.64. The third-order valence-corrected chi connectivity index (χ3v) is 3.81. The Morgan fingerprint density at radius 2 is 1.89 bits per heavy atom. The van der Waals surface area contributed by atoms with Crippen LogP contribution in [0.5, 0.6) is 0 Å². The Morgan fingerprint density at radius 3 is 2.44 bits per heavy atom. The van der Waals surface area contributed by atoms with E-state index in [1.165, 1.54) is 41.0 Å². The van der Waals surface area contributed by atoms with Crippen LogP contribution in [0.3, 0.4) is 0 Å². The number of thiophene rings is 1. The van der Waals surface area contributed by atoms with Crippen molar-refractivity contribution in [2.75, 3.05) is 0 Å². The van der Waals surface area contributed by atoms with Gasteiger partial charge in [0.05, 0.1) is 9.35 Å². The van der Waals surface area contributed by atoms with Crippen molar-refractivity contribution in [2.24, 2.45) is 0 Å². The number of carbonyl (C=O) groups excluding carboxylic acids is 1. The number of benzene rings is 1. The minimum absolute atomic E-state index is 0.253. The Bertz CT molecular complexity index is 589. The van der Waals surface area contributed by atoms with Gasteiger partial charge < -0.3 is 0 Å². The first kappa shape index (κ1) is 13.3. The first-order valence-electron chi connectivity index (χ1n) is 4.84. The quantitative estimate of drug-likeness (QED) is 0.723. The zero-order valence-corrected chi connectivity index (χ0v) is 11.2. The molecule has 0 unspecified atom stereocenters. The summed E-state index contributed by atoms with van der Waals surface area (Å²) in [6.45, 7) is 0. The van der Waals surface area contributed by atoms with Crippen LogP contribution < -0.4 is 0 Å². The van der Waals surface area contributed by atoms with Gasteiger partial charge >= 0.3 is 6.18 Å². The molecule has 0 bridgehead atoms. The summed E-state index contributed by atoms with van der Waals surface area (Å²) in [5, 5.41) is 1.53. The Kier molecular flexibility index (Phi) is 3.59. The highest BCUT2D eigenvalue weighted by molar-refractivity contribution is 9.11. The summed E-state index contributed by atoms with van der Waals surface area (Å²) in [4.78, 5) is 12.0. The molecule has 1 aromatic heterocycles. The van der Waals surface area contributed by atoms with Crippen molar-refractivity contribution in [3.63, 3.8) is 0 Å². The molecule has 18 heavy (non-hydrogen) atoms. The van der Waals surface area contributed by atoms with Crippen molar-refractivity contribution in [1.82, 2.24) is 0 Å². The zero-order valence-electron chi connectivity index (χ0n) is 8.79. The summed E-state index contributed by atoms with van der Waals surface area (Å²) in [6, 6.07) is 6.30. The highest BCUT2D eigenvalue weighted by Crippen LogP contribution is 2.33. The average Bonchev–Trinajstić information content (AvgIpc) is 2.74. The molecule has 1 aromatic carbocycles. The molecule has 0 atom stereocenters. The maximum absolute atomic E-state index is 12.8. The molecule has 94 valence electrons. The van der Waals surface area contributed by atoms with Crippen LogP contribution in [-0.2, 0) is 6.18 Å². The molecule has 2 rings (SSSR count). The molecule has 0 aliphatic rings. The summed E-state index contributed by atoms with van der Waals surface area (Å²) >= 11 is 4.43. The number of hydrogen-bond donors (Lipinski definition) is 0. The van der Waals surface area contributed by atoms with Gasteiger partial charge in [-0.15, -0.1) is 11.3 Å². The van der Waals surface area contributed by atoms with Crippen LogP contribution in [0.2, 0.25) is 0 Å². The second-order valence-corrected chi connectivity index (χ2v) is 5.80. The van der Waals surface area contributed by atoms with E-state index >= 15 is 0 Å². The highest BCUT2D eigenvalue weighted by atomic mass is 79.9. The minimum Gasteiger partial charge on any atom is -0.289 e. The second-order valence-electron chi connectivity index (χ2n) is 3.51. The van der Waals surface area contributed by atoms with Gasteiger partial charge in [0.1, 0.15) is 0 Å². The predicted molar refractivity (Wildman–Crippen MR) is 66.9 cm³/mol. The standard InChI is InChI=1S/C12H6BrF3OS/c13-10-5-7(6-18-10)11(17)8-3-1-2-4-9(8)12(14,15)16/h1-6H. The summed E-state index contributed by atoms with van der Waals surface area (Å²) in [5.74, 6) is -0.620. The smallest absolute Gasteiger partial charge is 0.289 e. The van der Waals surface area contributed by atoms with Crippen LogP contribution in [-0.4, -0.2) is 5.78 Å². The van der Waals surface area contributed by atoms with Gasteiger partial charge in [-0.3, -0.25) is 4.79 Å². The molecule has 0 amide bonds. The lowest BCUT2D eigenvalue weighted by Gasteiger charge is -2.10. The number of rotatable bonds is 2. The highest BCUT2D eigenvalue weighted by Gasteiger charge is 2.35. The minimum atomic E-state index is -4.53. The van der Waals surface area contributed by atoms with Gasteiger partial charge in [0.2, 0.25) is 0 Å². The van der Waals surface area contributed by atoms with E-state index < -0.39 is 17.5 Å². The monoisotopic (exact) mass is 334 g/mol. The maximum Gasteiger partial charge on any atom is 0.417 e. The molecule has 2 aromatic rings. The molecule has 0 spiro atoms. The van der Waals surface area contributed by atoms with Gasteiger partial charge in [-0.05, 0) is 28.1 Å². The van der Waals surface area contributed by atoms with Crippen molar-refractivity contribution >= 4 is 33.0 Å². The first-order valence-corrected chi connectivity index (χ1v) is 6.52. The van der Waals surface area contributed by atoms with E-state index in [2.05, 4.69) is 15.9 Å². The molecule has 0 saturated carbocycles. The van der Waals surface area contributed by atoms with E-state index in [0.717, 1.165) is 6.07 Å². The fourth-order valence-corrected chi connectivity index (χ4v) is 2.65. The van der Waals surface area contributed by atoms with Crippen molar-refractivity contribution in [3.05, 3.63) is 56.2 Å². The molecule has 0 N–H and O–H groups in total. The van der Waals surface area contributed by atoms with Gasteiger partial charge in [0, 0.05) is 16.5 Å². The lowest BCUT2D eigenvalue weighted by atomic mass is 10.00. The molecule has 0 aliphatic heterocycles.